The predicted molar refractivity (Wildman–Crippen MR) is 91.6 cm³/mol. The minimum atomic E-state index is -0.0740. The smallest absolute Gasteiger partial charge is 0.237 e. The van der Waals surface area contributed by atoms with Crippen molar-refractivity contribution in [3.05, 3.63) is 65.7 Å². The summed E-state index contributed by atoms with van der Waals surface area (Å²) in [5.41, 5.74) is 3.35. The van der Waals surface area contributed by atoms with Crippen molar-refractivity contribution in [3.8, 4) is 0 Å². The van der Waals surface area contributed by atoms with Gasteiger partial charge in [0.2, 0.25) is 5.91 Å². The molecule has 110 valence electrons. The van der Waals surface area contributed by atoms with Crippen molar-refractivity contribution in [1.82, 2.24) is 0 Å². The van der Waals surface area contributed by atoms with Crippen LogP contribution in [0.1, 0.15) is 25.0 Å². The van der Waals surface area contributed by atoms with E-state index in [1.165, 1.54) is 11.1 Å². The number of hydrogen-bond acceptors (Lipinski definition) is 2. The zero-order valence-electron chi connectivity index (χ0n) is 12.5. The first-order chi connectivity index (χ1) is 10.2. The minimum Gasteiger partial charge on any atom is -0.325 e. The molecule has 1 N–H and O–H groups in total. The Morgan fingerprint density at radius 1 is 1.10 bits per heavy atom. The first kappa shape index (κ1) is 15.6. The first-order valence-corrected chi connectivity index (χ1v) is 8.30. The Bertz CT molecular complexity index is 583. The molecule has 0 unspecified atom stereocenters. The average Bonchev–Trinajstić information content (AvgIpc) is 2.54. The van der Waals surface area contributed by atoms with E-state index in [2.05, 4.69) is 30.4 Å². The lowest BCUT2D eigenvalue weighted by atomic mass is 10.1. The van der Waals surface area contributed by atoms with Crippen LogP contribution in [0.15, 0.2) is 54.6 Å². The largest absolute Gasteiger partial charge is 0.325 e. The van der Waals surface area contributed by atoms with Gasteiger partial charge in [-0.15, -0.1) is 11.8 Å². The summed E-state index contributed by atoms with van der Waals surface area (Å²) >= 11 is 1.66. The maximum absolute atomic E-state index is 12.3. The Morgan fingerprint density at radius 3 is 2.48 bits per heavy atom. The van der Waals surface area contributed by atoms with Crippen molar-refractivity contribution in [3.63, 3.8) is 0 Å². The van der Waals surface area contributed by atoms with E-state index < -0.39 is 0 Å². The highest BCUT2D eigenvalue weighted by Gasteiger charge is 2.14. The number of carbonyl (C=O) groups excluding carboxylic acids is 1. The standard InChI is InChI=1S/C18H21NOS/c1-3-16-11-7-8-12-17(16)19-18(20)14(2)21-13-15-9-5-4-6-10-15/h4-12,14H,3,13H2,1-2H3,(H,19,20)/t14-/m0/s1. The molecule has 0 aromatic heterocycles. The molecule has 21 heavy (non-hydrogen) atoms. The van der Waals surface area contributed by atoms with Gasteiger partial charge in [-0.1, -0.05) is 55.5 Å². The second kappa shape index (κ2) is 7.89. The topological polar surface area (TPSA) is 29.1 Å². The van der Waals surface area contributed by atoms with E-state index in [0.29, 0.717) is 0 Å². The van der Waals surface area contributed by atoms with Crippen molar-refractivity contribution in [2.24, 2.45) is 0 Å². The summed E-state index contributed by atoms with van der Waals surface area (Å²) in [6.45, 7) is 4.05. The number of aryl methyl sites for hydroxylation is 1. The van der Waals surface area contributed by atoms with E-state index in [0.717, 1.165) is 17.9 Å². The van der Waals surface area contributed by atoms with Crippen molar-refractivity contribution >= 4 is 23.4 Å². The van der Waals surface area contributed by atoms with Crippen molar-refractivity contribution < 1.29 is 4.79 Å². The molecule has 0 aliphatic carbocycles. The Kier molecular flexibility index (Phi) is 5.88. The first-order valence-electron chi connectivity index (χ1n) is 7.25. The molecule has 3 heteroatoms. The molecule has 2 aromatic rings. The summed E-state index contributed by atoms with van der Waals surface area (Å²) < 4.78 is 0. The lowest BCUT2D eigenvalue weighted by Crippen LogP contribution is -2.23. The van der Waals surface area contributed by atoms with E-state index >= 15 is 0 Å². The molecule has 0 radical (unpaired) electrons. The van der Waals surface area contributed by atoms with E-state index in [4.69, 9.17) is 0 Å². The fourth-order valence-corrected chi connectivity index (χ4v) is 2.90. The number of amides is 1. The van der Waals surface area contributed by atoms with Gasteiger partial charge in [0.15, 0.2) is 0 Å². The molecule has 0 heterocycles. The van der Waals surface area contributed by atoms with Crippen LogP contribution < -0.4 is 5.32 Å². The van der Waals surface area contributed by atoms with Crippen LogP contribution in [0.3, 0.4) is 0 Å². The number of thioether (sulfide) groups is 1. The van der Waals surface area contributed by atoms with Crippen molar-refractivity contribution in [2.45, 2.75) is 31.3 Å². The van der Waals surface area contributed by atoms with Crippen LogP contribution in [-0.4, -0.2) is 11.2 Å². The van der Waals surface area contributed by atoms with Crippen molar-refractivity contribution in [1.29, 1.82) is 0 Å². The zero-order valence-corrected chi connectivity index (χ0v) is 13.3. The average molecular weight is 299 g/mol. The molecule has 0 saturated carbocycles. The summed E-state index contributed by atoms with van der Waals surface area (Å²) in [5.74, 6) is 0.919. The zero-order chi connectivity index (χ0) is 15.1. The van der Waals surface area contributed by atoms with Gasteiger partial charge in [-0.05, 0) is 30.5 Å². The molecule has 1 atom stereocenters. The third kappa shape index (κ3) is 4.64. The molecule has 0 bridgehead atoms. The number of hydrogen-bond donors (Lipinski definition) is 1. The fraction of sp³-hybridized carbons (Fsp3) is 0.278. The van der Waals surface area contributed by atoms with Crippen LogP contribution >= 0.6 is 11.8 Å². The normalized spacial score (nSPS) is 11.9. The van der Waals surface area contributed by atoms with Gasteiger partial charge >= 0.3 is 0 Å². The van der Waals surface area contributed by atoms with Gasteiger partial charge in [-0.2, -0.15) is 0 Å². The SMILES string of the molecule is CCc1ccccc1NC(=O)[C@H](C)SCc1ccccc1. The van der Waals surface area contributed by atoms with Gasteiger partial charge in [0.05, 0.1) is 5.25 Å². The van der Waals surface area contributed by atoms with Gasteiger partial charge in [0, 0.05) is 11.4 Å². The van der Waals surface area contributed by atoms with E-state index in [-0.39, 0.29) is 11.2 Å². The Labute approximate surface area is 131 Å². The molecule has 1 amide bonds. The van der Waals surface area contributed by atoms with E-state index in [9.17, 15) is 4.79 Å². The number of carbonyl (C=O) groups is 1. The van der Waals surface area contributed by atoms with Gasteiger partial charge in [-0.3, -0.25) is 4.79 Å². The quantitative estimate of drug-likeness (QED) is 0.850. The van der Waals surface area contributed by atoms with Crippen LogP contribution in [0.2, 0.25) is 0 Å². The van der Waals surface area contributed by atoms with Crippen molar-refractivity contribution in [2.75, 3.05) is 5.32 Å². The van der Waals surface area contributed by atoms with Crippen LogP contribution in [0.25, 0.3) is 0 Å². The molecule has 2 rings (SSSR count). The number of benzene rings is 2. The second-order valence-corrected chi connectivity index (χ2v) is 6.27. The molecule has 0 spiro atoms. The second-order valence-electron chi connectivity index (χ2n) is 4.94. The summed E-state index contributed by atoms with van der Waals surface area (Å²) in [6.07, 6.45) is 0.919. The van der Waals surface area contributed by atoms with Gasteiger partial charge in [-0.25, -0.2) is 0 Å². The molecule has 0 fully saturated rings. The summed E-state index contributed by atoms with van der Waals surface area (Å²) in [7, 11) is 0. The molecule has 0 aliphatic rings. The van der Waals surface area contributed by atoms with Crippen LogP contribution in [0.5, 0.6) is 0 Å². The molecule has 0 saturated heterocycles. The number of rotatable bonds is 6. The monoisotopic (exact) mass is 299 g/mol. The number of anilines is 1. The molecular weight excluding hydrogens is 278 g/mol. The third-order valence-electron chi connectivity index (χ3n) is 3.37. The number of nitrogens with one attached hydrogen (secondary N) is 1. The molecular formula is C18H21NOS. The fourth-order valence-electron chi connectivity index (χ4n) is 2.06. The van der Waals surface area contributed by atoms with Gasteiger partial charge < -0.3 is 5.32 Å². The highest BCUT2D eigenvalue weighted by atomic mass is 32.2. The van der Waals surface area contributed by atoms with Crippen LogP contribution in [0.4, 0.5) is 5.69 Å². The summed E-state index contributed by atoms with van der Waals surface area (Å²) in [4.78, 5) is 12.3. The lowest BCUT2D eigenvalue weighted by molar-refractivity contribution is -0.115. The van der Waals surface area contributed by atoms with Crippen LogP contribution in [-0.2, 0) is 17.0 Å². The van der Waals surface area contributed by atoms with E-state index in [1.807, 2.05) is 43.3 Å². The maximum atomic E-state index is 12.3. The van der Waals surface area contributed by atoms with Gasteiger partial charge in [0.25, 0.3) is 0 Å². The van der Waals surface area contributed by atoms with E-state index in [1.54, 1.807) is 11.8 Å². The van der Waals surface area contributed by atoms with Crippen LogP contribution in [0, 0.1) is 0 Å². The third-order valence-corrected chi connectivity index (χ3v) is 4.58. The van der Waals surface area contributed by atoms with Gasteiger partial charge in [0.1, 0.15) is 0 Å². The number of para-hydroxylation sites is 1. The molecule has 0 aliphatic heterocycles. The Hall–Kier alpha value is -1.74. The molecule has 2 aromatic carbocycles. The predicted octanol–water partition coefficient (Wildman–Crippen LogP) is 4.51. The Balaban J connectivity index is 1.90. The highest BCUT2D eigenvalue weighted by Crippen LogP contribution is 2.21. The minimum absolute atomic E-state index is 0.0665. The Morgan fingerprint density at radius 2 is 1.76 bits per heavy atom. The summed E-state index contributed by atoms with van der Waals surface area (Å²) in [5, 5.41) is 2.96. The maximum Gasteiger partial charge on any atom is 0.237 e. The highest BCUT2D eigenvalue weighted by molar-refractivity contribution is 7.99. The lowest BCUT2D eigenvalue weighted by Gasteiger charge is -2.14. The summed E-state index contributed by atoms with van der Waals surface area (Å²) in [6, 6.07) is 18.2. The molecule has 2 nitrogen and oxygen atoms in total.